The molecule has 0 spiro atoms. The van der Waals surface area contributed by atoms with Crippen molar-refractivity contribution < 1.29 is 19.4 Å². The first-order valence-corrected chi connectivity index (χ1v) is 7.96. The highest BCUT2D eigenvalue weighted by atomic mass is 16.5. The molecule has 0 bridgehead atoms. The van der Waals surface area contributed by atoms with Crippen LogP contribution in [0.15, 0.2) is 36.9 Å². The number of carboxylic acid groups (broad SMARTS) is 1. The number of aliphatic carboxylic acids is 1. The molecule has 0 unspecified atom stereocenters. The Hall–Kier alpha value is -2.30. The summed E-state index contributed by atoms with van der Waals surface area (Å²) in [6.07, 6.45) is 3.84. The molecule has 2 fully saturated rings. The van der Waals surface area contributed by atoms with Gasteiger partial charge in [0.2, 0.25) is 0 Å². The first-order valence-electron chi connectivity index (χ1n) is 7.96. The highest BCUT2D eigenvalue weighted by Gasteiger charge is 2.46. The minimum atomic E-state index is -0.787. The van der Waals surface area contributed by atoms with E-state index in [0.29, 0.717) is 36.9 Å². The summed E-state index contributed by atoms with van der Waals surface area (Å²) < 4.78 is 5.40. The molecule has 1 aliphatic carbocycles. The molecule has 1 aromatic carbocycles. The second kappa shape index (κ2) is 6.44. The zero-order chi connectivity index (χ0) is 16.4. The maximum Gasteiger partial charge on any atom is 0.308 e. The predicted molar refractivity (Wildman–Crippen MR) is 85.4 cm³/mol. The van der Waals surface area contributed by atoms with Crippen LogP contribution in [0.2, 0.25) is 0 Å². The fourth-order valence-corrected chi connectivity index (χ4v) is 3.29. The van der Waals surface area contributed by atoms with Crippen LogP contribution >= 0.6 is 0 Å². The van der Waals surface area contributed by atoms with Gasteiger partial charge in [0, 0.05) is 18.7 Å². The SMILES string of the molecule is C=CCOc1ccc(C(=O)N2C[C@H](C(=O)O)[C@@H](C3CC3)C2)cc1. The number of benzene rings is 1. The van der Waals surface area contributed by atoms with E-state index in [2.05, 4.69) is 6.58 Å². The van der Waals surface area contributed by atoms with Gasteiger partial charge in [-0.2, -0.15) is 0 Å². The number of carboxylic acids is 1. The van der Waals surface area contributed by atoms with Gasteiger partial charge in [-0.05, 0) is 48.9 Å². The van der Waals surface area contributed by atoms with E-state index < -0.39 is 11.9 Å². The summed E-state index contributed by atoms with van der Waals surface area (Å²) in [5.74, 6) is -0.0564. The second-order valence-corrected chi connectivity index (χ2v) is 6.28. The van der Waals surface area contributed by atoms with Crippen molar-refractivity contribution in [2.24, 2.45) is 17.8 Å². The van der Waals surface area contributed by atoms with Gasteiger partial charge >= 0.3 is 5.97 Å². The molecule has 1 N–H and O–H groups in total. The number of likely N-dealkylation sites (tertiary alicyclic amines) is 1. The van der Waals surface area contributed by atoms with E-state index in [0.717, 1.165) is 12.8 Å². The Kier molecular flexibility index (Phi) is 4.37. The number of carbonyl (C=O) groups is 2. The fraction of sp³-hybridized carbons (Fsp3) is 0.444. The number of amides is 1. The van der Waals surface area contributed by atoms with Crippen LogP contribution in [0.4, 0.5) is 0 Å². The van der Waals surface area contributed by atoms with Crippen LogP contribution in [0, 0.1) is 17.8 Å². The lowest BCUT2D eigenvalue weighted by Crippen LogP contribution is -2.29. The van der Waals surface area contributed by atoms with Crippen LogP contribution in [0.3, 0.4) is 0 Å². The van der Waals surface area contributed by atoms with Crippen molar-refractivity contribution in [2.75, 3.05) is 19.7 Å². The minimum absolute atomic E-state index is 0.102. The van der Waals surface area contributed by atoms with E-state index >= 15 is 0 Å². The van der Waals surface area contributed by atoms with E-state index in [9.17, 15) is 14.7 Å². The normalized spacial score (nSPS) is 23.6. The van der Waals surface area contributed by atoms with Gasteiger partial charge in [0.1, 0.15) is 12.4 Å². The third-order valence-electron chi connectivity index (χ3n) is 4.67. The lowest BCUT2D eigenvalue weighted by molar-refractivity contribution is -0.142. The van der Waals surface area contributed by atoms with E-state index in [1.54, 1.807) is 35.2 Å². The summed E-state index contributed by atoms with van der Waals surface area (Å²) in [6.45, 7) is 4.87. The molecule has 5 heteroatoms. The van der Waals surface area contributed by atoms with Gasteiger partial charge < -0.3 is 14.7 Å². The molecule has 0 aromatic heterocycles. The molecule has 5 nitrogen and oxygen atoms in total. The monoisotopic (exact) mass is 315 g/mol. The van der Waals surface area contributed by atoms with Crippen molar-refractivity contribution in [3.8, 4) is 5.75 Å². The third-order valence-corrected chi connectivity index (χ3v) is 4.67. The smallest absolute Gasteiger partial charge is 0.308 e. The number of ether oxygens (including phenoxy) is 1. The summed E-state index contributed by atoms with van der Waals surface area (Å²) in [5, 5.41) is 9.39. The molecule has 3 rings (SSSR count). The van der Waals surface area contributed by atoms with Gasteiger partial charge in [-0.1, -0.05) is 12.7 Å². The molecule has 1 saturated carbocycles. The van der Waals surface area contributed by atoms with Crippen molar-refractivity contribution in [3.63, 3.8) is 0 Å². The van der Waals surface area contributed by atoms with Gasteiger partial charge in [0.15, 0.2) is 0 Å². The van der Waals surface area contributed by atoms with Crippen molar-refractivity contribution >= 4 is 11.9 Å². The molecule has 2 atom stereocenters. The Labute approximate surface area is 135 Å². The van der Waals surface area contributed by atoms with Gasteiger partial charge in [0.25, 0.3) is 5.91 Å². The highest BCUT2D eigenvalue weighted by Crippen LogP contribution is 2.44. The van der Waals surface area contributed by atoms with Crippen LogP contribution in [-0.2, 0) is 4.79 Å². The molecule has 122 valence electrons. The van der Waals surface area contributed by atoms with Crippen molar-refractivity contribution in [2.45, 2.75) is 12.8 Å². The second-order valence-electron chi connectivity index (χ2n) is 6.28. The zero-order valence-corrected chi connectivity index (χ0v) is 13.0. The first-order chi connectivity index (χ1) is 11.1. The lowest BCUT2D eigenvalue weighted by Gasteiger charge is -2.16. The van der Waals surface area contributed by atoms with Gasteiger partial charge in [-0.3, -0.25) is 9.59 Å². The average Bonchev–Trinajstić information content (AvgIpc) is 3.30. The largest absolute Gasteiger partial charge is 0.490 e. The van der Waals surface area contributed by atoms with Crippen LogP contribution < -0.4 is 4.74 Å². The Morgan fingerprint density at radius 3 is 2.52 bits per heavy atom. The van der Waals surface area contributed by atoms with Gasteiger partial charge in [0.05, 0.1) is 5.92 Å². The molecule has 1 saturated heterocycles. The number of hydrogen-bond donors (Lipinski definition) is 1. The Balaban J connectivity index is 1.68. The summed E-state index contributed by atoms with van der Waals surface area (Å²) >= 11 is 0. The average molecular weight is 315 g/mol. The van der Waals surface area contributed by atoms with E-state index in [4.69, 9.17) is 4.74 Å². The molecule has 1 heterocycles. The number of hydrogen-bond acceptors (Lipinski definition) is 3. The molecule has 2 aliphatic rings. The molecular formula is C18H21NO4. The van der Waals surface area contributed by atoms with Crippen LogP contribution in [0.5, 0.6) is 5.75 Å². The maximum absolute atomic E-state index is 12.6. The van der Waals surface area contributed by atoms with Gasteiger partial charge in [-0.15, -0.1) is 0 Å². The topological polar surface area (TPSA) is 66.8 Å². The summed E-state index contributed by atoms with van der Waals surface area (Å²) in [4.78, 5) is 25.7. The molecule has 1 amide bonds. The Morgan fingerprint density at radius 1 is 1.26 bits per heavy atom. The standard InChI is InChI=1S/C18H21NO4/c1-2-9-23-14-7-5-13(6-8-14)17(20)19-10-15(12-3-4-12)16(11-19)18(21)22/h2,5-8,12,15-16H,1,3-4,9-11H2,(H,21,22)/t15-,16+/m1/s1. The van der Waals surface area contributed by atoms with Crippen LogP contribution in [0.25, 0.3) is 0 Å². The summed E-state index contributed by atoms with van der Waals surface area (Å²) in [7, 11) is 0. The van der Waals surface area contributed by atoms with E-state index in [-0.39, 0.29) is 11.8 Å². The quantitative estimate of drug-likeness (QED) is 0.819. The van der Waals surface area contributed by atoms with E-state index in [1.165, 1.54) is 0 Å². The van der Waals surface area contributed by atoms with Gasteiger partial charge in [-0.25, -0.2) is 0 Å². The Morgan fingerprint density at radius 2 is 1.96 bits per heavy atom. The predicted octanol–water partition coefficient (Wildman–Crippen LogP) is 2.43. The van der Waals surface area contributed by atoms with Crippen molar-refractivity contribution in [1.29, 1.82) is 0 Å². The number of nitrogens with zero attached hydrogens (tertiary/aromatic N) is 1. The molecule has 23 heavy (non-hydrogen) atoms. The summed E-state index contributed by atoms with van der Waals surface area (Å²) in [5.41, 5.74) is 0.566. The van der Waals surface area contributed by atoms with E-state index in [1.807, 2.05) is 0 Å². The molecule has 0 radical (unpaired) electrons. The lowest BCUT2D eigenvalue weighted by atomic mass is 9.92. The fourth-order valence-electron chi connectivity index (χ4n) is 3.29. The number of carbonyl (C=O) groups excluding carboxylic acids is 1. The van der Waals surface area contributed by atoms with Crippen molar-refractivity contribution in [1.82, 2.24) is 4.90 Å². The summed E-state index contributed by atoms with van der Waals surface area (Å²) in [6, 6.07) is 6.95. The third kappa shape index (κ3) is 3.38. The van der Waals surface area contributed by atoms with Crippen LogP contribution in [0.1, 0.15) is 23.2 Å². The molecule has 1 aliphatic heterocycles. The molecular weight excluding hydrogens is 294 g/mol. The maximum atomic E-state index is 12.6. The van der Waals surface area contributed by atoms with Crippen molar-refractivity contribution in [3.05, 3.63) is 42.5 Å². The minimum Gasteiger partial charge on any atom is -0.490 e. The number of rotatable bonds is 6. The molecule has 1 aromatic rings. The van der Waals surface area contributed by atoms with Crippen LogP contribution in [-0.4, -0.2) is 41.6 Å². The highest BCUT2D eigenvalue weighted by molar-refractivity contribution is 5.95. The zero-order valence-electron chi connectivity index (χ0n) is 13.0. The first kappa shape index (κ1) is 15.6. The Bertz CT molecular complexity index is 606.